The summed E-state index contributed by atoms with van der Waals surface area (Å²) in [5, 5.41) is 8.51. The Kier molecular flexibility index (Phi) is 7.53. The van der Waals surface area contributed by atoms with Gasteiger partial charge in [0.05, 0.1) is 6.07 Å². The molecule has 0 aliphatic heterocycles. The van der Waals surface area contributed by atoms with E-state index >= 15 is 0 Å². The molecule has 0 rings (SSSR count). The van der Waals surface area contributed by atoms with Crippen LogP contribution in [-0.2, 0) is 10.0 Å². The average Bonchev–Trinajstić information content (AvgIpc) is 2.33. The van der Waals surface area contributed by atoms with Crippen molar-refractivity contribution in [2.24, 2.45) is 0 Å². The molecule has 0 aromatic heterocycles. The lowest BCUT2D eigenvalue weighted by atomic mass is 10.1. The van der Waals surface area contributed by atoms with Gasteiger partial charge in [0.25, 0.3) is 0 Å². The first-order valence-corrected chi connectivity index (χ1v) is 7.35. The maximum absolute atomic E-state index is 12.5. The van der Waals surface area contributed by atoms with Crippen LogP contribution in [0.15, 0.2) is 24.8 Å². The van der Waals surface area contributed by atoms with E-state index in [9.17, 15) is 21.6 Å². The van der Waals surface area contributed by atoms with Crippen LogP contribution in [0.2, 0.25) is 0 Å². The number of alkyl halides is 3. The molecular formula is C12H17F3N2O2S. The number of halogens is 3. The Morgan fingerprint density at radius 3 is 2.50 bits per heavy atom. The lowest BCUT2D eigenvalue weighted by Gasteiger charge is -2.26. The number of hydrogen-bond donors (Lipinski definition) is 0. The van der Waals surface area contributed by atoms with E-state index in [-0.39, 0.29) is 10.7 Å². The largest absolute Gasteiger partial charge is 0.511 e. The van der Waals surface area contributed by atoms with Gasteiger partial charge in [-0.1, -0.05) is 24.8 Å². The molecule has 0 radical (unpaired) electrons. The van der Waals surface area contributed by atoms with E-state index in [1.165, 1.54) is 13.0 Å². The van der Waals surface area contributed by atoms with Crippen LogP contribution >= 0.6 is 0 Å². The molecular weight excluding hydrogens is 293 g/mol. The van der Waals surface area contributed by atoms with Crippen molar-refractivity contribution in [3.05, 3.63) is 24.8 Å². The van der Waals surface area contributed by atoms with Gasteiger partial charge in [0.15, 0.2) is 0 Å². The maximum atomic E-state index is 12.5. The number of hydrogen-bond acceptors (Lipinski definition) is 3. The molecule has 0 amide bonds. The standard InChI is InChI=1S/C12H17F3N2O2S/c1-3-4-5-6-7-8-11(2)17(10-9-16)20(18,19)12(13,14)15/h3-5,11H,1,6-8,10H2,2H3/b5-4+. The molecule has 0 aliphatic carbocycles. The smallest absolute Gasteiger partial charge is 0.203 e. The quantitative estimate of drug-likeness (QED) is 0.393. The van der Waals surface area contributed by atoms with E-state index in [1.54, 1.807) is 18.2 Å². The van der Waals surface area contributed by atoms with Crippen molar-refractivity contribution in [1.82, 2.24) is 4.31 Å². The van der Waals surface area contributed by atoms with Crippen LogP contribution in [0.5, 0.6) is 0 Å². The molecule has 0 heterocycles. The Bertz CT molecular complexity index is 478. The number of unbranched alkanes of at least 4 members (excludes halogenated alkanes) is 1. The zero-order valence-electron chi connectivity index (χ0n) is 11.1. The molecule has 0 bridgehead atoms. The summed E-state index contributed by atoms with van der Waals surface area (Å²) in [6, 6.07) is 0.567. The summed E-state index contributed by atoms with van der Waals surface area (Å²) in [6.45, 7) is 4.01. The van der Waals surface area contributed by atoms with E-state index in [0.717, 1.165) is 0 Å². The second-order valence-corrected chi connectivity index (χ2v) is 5.98. The molecule has 8 heteroatoms. The van der Waals surface area contributed by atoms with Gasteiger partial charge in [-0.25, -0.2) is 8.42 Å². The van der Waals surface area contributed by atoms with E-state index < -0.39 is 28.1 Å². The van der Waals surface area contributed by atoms with Gasteiger partial charge in [-0.3, -0.25) is 0 Å². The molecule has 0 spiro atoms. The Morgan fingerprint density at radius 1 is 1.45 bits per heavy atom. The molecule has 0 saturated heterocycles. The minimum absolute atomic E-state index is 0.199. The monoisotopic (exact) mass is 310 g/mol. The van der Waals surface area contributed by atoms with Crippen LogP contribution in [0.3, 0.4) is 0 Å². The molecule has 0 aromatic rings. The molecule has 0 fully saturated rings. The predicted molar refractivity (Wildman–Crippen MR) is 69.9 cm³/mol. The van der Waals surface area contributed by atoms with Crippen molar-refractivity contribution in [1.29, 1.82) is 5.26 Å². The van der Waals surface area contributed by atoms with Crippen LogP contribution in [-0.4, -0.2) is 30.8 Å². The van der Waals surface area contributed by atoms with Crippen LogP contribution < -0.4 is 0 Å². The highest BCUT2D eigenvalue weighted by Gasteiger charge is 2.51. The maximum Gasteiger partial charge on any atom is 0.511 e. The Hall–Kier alpha value is -1.33. The number of allylic oxidation sites excluding steroid dienone is 3. The second kappa shape index (κ2) is 8.07. The van der Waals surface area contributed by atoms with Crippen molar-refractivity contribution in [3.63, 3.8) is 0 Å². The van der Waals surface area contributed by atoms with Gasteiger partial charge in [-0.05, 0) is 26.2 Å². The SMILES string of the molecule is C=C/C=C/CCCC(C)N(CC#N)S(=O)(=O)C(F)(F)F. The first kappa shape index (κ1) is 18.7. The summed E-state index contributed by atoms with van der Waals surface area (Å²) in [6.07, 6.45) is 6.40. The molecule has 1 unspecified atom stereocenters. The zero-order valence-corrected chi connectivity index (χ0v) is 11.9. The Balaban J connectivity index is 4.81. The average molecular weight is 310 g/mol. The van der Waals surface area contributed by atoms with Gasteiger partial charge < -0.3 is 0 Å². The molecule has 0 aromatic carbocycles. The number of rotatable bonds is 8. The highest BCUT2D eigenvalue weighted by atomic mass is 32.2. The van der Waals surface area contributed by atoms with E-state index in [0.29, 0.717) is 12.8 Å². The number of nitriles is 1. The van der Waals surface area contributed by atoms with Gasteiger partial charge in [0.2, 0.25) is 0 Å². The summed E-state index contributed by atoms with van der Waals surface area (Å²) < 4.78 is 60.4. The van der Waals surface area contributed by atoms with Crippen molar-refractivity contribution in [2.45, 2.75) is 37.7 Å². The van der Waals surface area contributed by atoms with Crippen molar-refractivity contribution < 1.29 is 21.6 Å². The summed E-state index contributed by atoms with van der Waals surface area (Å²) in [4.78, 5) is 0. The minimum atomic E-state index is -5.47. The van der Waals surface area contributed by atoms with E-state index in [2.05, 4.69) is 6.58 Å². The third-order valence-corrected chi connectivity index (χ3v) is 4.28. The lowest BCUT2D eigenvalue weighted by Crippen LogP contribution is -2.45. The molecule has 20 heavy (non-hydrogen) atoms. The topological polar surface area (TPSA) is 61.2 Å². The van der Waals surface area contributed by atoms with Gasteiger partial charge in [0.1, 0.15) is 6.54 Å². The summed E-state index contributed by atoms with van der Waals surface area (Å²) >= 11 is 0. The molecule has 1 atom stereocenters. The fraction of sp³-hybridized carbons (Fsp3) is 0.583. The first-order chi connectivity index (χ1) is 9.18. The molecule has 114 valence electrons. The second-order valence-electron chi connectivity index (χ2n) is 4.10. The van der Waals surface area contributed by atoms with Gasteiger partial charge in [-0.15, -0.1) is 0 Å². The first-order valence-electron chi connectivity index (χ1n) is 5.91. The predicted octanol–water partition coefficient (Wildman–Crippen LogP) is 2.96. The number of nitrogens with zero attached hydrogens (tertiary/aromatic N) is 2. The van der Waals surface area contributed by atoms with Crippen LogP contribution in [0.25, 0.3) is 0 Å². The van der Waals surface area contributed by atoms with Gasteiger partial charge >= 0.3 is 15.5 Å². The number of sulfonamides is 1. The van der Waals surface area contributed by atoms with Gasteiger partial charge in [-0.2, -0.15) is 22.7 Å². The zero-order chi connectivity index (χ0) is 15.8. The Morgan fingerprint density at radius 2 is 2.05 bits per heavy atom. The van der Waals surface area contributed by atoms with Crippen molar-refractivity contribution in [3.8, 4) is 6.07 Å². The third-order valence-electron chi connectivity index (χ3n) is 2.58. The molecule has 0 saturated carbocycles. The fourth-order valence-corrected chi connectivity index (χ4v) is 2.62. The van der Waals surface area contributed by atoms with Crippen molar-refractivity contribution >= 4 is 10.0 Å². The molecule has 4 nitrogen and oxygen atoms in total. The van der Waals surface area contributed by atoms with E-state index in [4.69, 9.17) is 5.26 Å². The summed E-state index contributed by atoms with van der Waals surface area (Å²) in [5.41, 5.74) is -5.39. The minimum Gasteiger partial charge on any atom is -0.203 e. The molecule has 0 aliphatic rings. The Labute approximate surface area is 117 Å². The van der Waals surface area contributed by atoms with Gasteiger partial charge in [0, 0.05) is 6.04 Å². The fourth-order valence-electron chi connectivity index (χ4n) is 1.55. The summed E-state index contributed by atoms with van der Waals surface area (Å²) in [5.74, 6) is 0. The molecule has 0 N–H and O–H groups in total. The van der Waals surface area contributed by atoms with Crippen LogP contribution in [0.1, 0.15) is 26.2 Å². The third kappa shape index (κ3) is 5.35. The van der Waals surface area contributed by atoms with Crippen molar-refractivity contribution in [2.75, 3.05) is 6.54 Å². The normalized spacial score (nSPS) is 14.4. The summed E-state index contributed by atoms with van der Waals surface area (Å²) in [7, 11) is -5.47. The van der Waals surface area contributed by atoms with Crippen LogP contribution in [0, 0.1) is 11.3 Å². The highest BCUT2D eigenvalue weighted by Crippen LogP contribution is 2.29. The van der Waals surface area contributed by atoms with E-state index in [1.807, 2.05) is 0 Å². The van der Waals surface area contributed by atoms with Crippen LogP contribution in [0.4, 0.5) is 13.2 Å². The highest BCUT2D eigenvalue weighted by molar-refractivity contribution is 7.90. The lowest BCUT2D eigenvalue weighted by molar-refractivity contribution is -0.0496.